The summed E-state index contributed by atoms with van der Waals surface area (Å²) in [4.78, 5) is 28.8. The third-order valence-electron chi connectivity index (χ3n) is 0.858. The van der Waals surface area contributed by atoms with Gasteiger partial charge in [0.15, 0.2) is 0 Å². The fraction of sp³-hybridized carbons (Fsp3) is 0.333. The Hall–Kier alpha value is -1.41. The van der Waals surface area contributed by atoms with Crippen molar-refractivity contribution < 1.29 is 14.4 Å². The SMILES string of the molecule is C=C=O.O=C1CCC(=O)N1. The van der Waals surface area contributed by atoms with Gasteiger partial charge >= 0.3 is 0 Å². The molecule has 1 N–H and O–H groups in total. The molecular weight excluding hydrogens is 134 g/mol. The number of amides is 2. The van der Waals surface area contributed by atoms with Crippen molar-refractivity contribution in [2.45, 2.75) is 12.8 Å². The minimum absolute atomic E-state index is 0.148. The normalized spacial score (nSPS) is 14.8. The molecule has 1 aliphatic heterocycles. The van der Waals surface area contributed by atoms with Gasteiger partial charge in [-0.05, 0) is 6.58 Å². The summed E-state index contributed by atoms with van der Waals surface area (Å²) in [7, 11) is 0. The van der Waals surface area contributed by atoms with Crippen molar-refractivity contribution in [3.63, 3.8) is 0 Å². The number of hydrogen-bond acceptors (Lipinski definition) is 3. The van der Waals surface area contributed by atoms with E-state index in [-0.39, 0.29) is 11.8 Å². The summed E-state index contributed by atoms with van der Waals surface area (Å²) < 4.78 is 0. The van der Waals surface area contributed by atoms with Crippen molar-refractivity contribution in [3.8, 4) is 0 Å². The lowest BCUT2D eigenvalue weighted by molar-refractivity contribution is -0.124. The third kappa shape index (κ3) is 3.57. The number of hydrogen-bond donors (Lipinski definition) is 1. The van der Waals surface area contributed by atoms with E-state index in [2.05, 4.69) is 11.9 Å². The average Bonchev–Trinajstić information content (AvgIpc) is 2.17. The van der Waals surface area contributed by atoms with Crippen molar-refractivity contribution in [2.24, 2.45) is 0 Å². The Morgan fingerprint density at radius 2 is 1.60 bits per heavy atom. The molecule has 0 aliphatic carbocycles. The highest BCUT2D eigenvalue weighted by atomic mass is 16.2. The minimum atomic E-state index is -0.148. The van der Waals surface area contributed by atoms with Crippen molar-refractivity contribution in [1.29, 1.82) is 0 Å². The maximum absolute atomic E-state index is 10.1. The Morgan fingerprint density at radius 1 is 1.30 bits per heavy atom. The minimum Gasteiger partial charge on any atom is -0.296 e. The van der Waals surface area contributed by atoms with Crippen LogP contribution >= 0.6 is 0 Å². The Balaban J connectivity index is 0.000000236. The summed E-state index contributed by atoms with van der Waals surface area (Å²) in [6, 6.07) is 0. The van der Waals surface area contributed by atoms with Gasteiger partial charge in [-0.25, -0.2) is 4.79 Å². The molecule has 0 aromatic heterocycles. The van der Waals surface area contributed by atoms with Crippen LogP contribution in [-0.4, -0.2) is 17.8 Å². The molecule has 54 valence electrons. The van der Waals surface area contributed by atoms with E-state index >= 15 is 0 Å². The molecule has 0 unspecified atom stereocenters. The molecule has 1 saturated heterocycles. The molecule has 2 amide bonds. The van der Waals surface area contributed by atoms with Crippen molar-refractivity contribution in [2.75, 3.05) is 0 Å². The van der Waals surface area contributed by atoms with Gasteiger partial charge in [-0.3, -0.25) is 14.9 Å². The van der Waals surface area contributed by atoms with Gasteiger partial charge in [0.05, 0.1) is 0 Å². The maximum Gasteiger partial charge on any atom is 0.227 e. The number of carbonyl (C=O) groups excluding carboxylic acids is 3. The van der Waals surface area contributed by atoms with Gasteiger partial charge in [0, 0.05) is 12.8 Å². The van der Waals surface area contributed by atoms with Gasteiger partial charge in [0.25, 0.3) is 0 Å². The zero-order valence-electron chi connectivity index (χ0n) is 5.35. The topological polar surface area (TPSA) is 63.2 Å². The van der Waals surface area contributed by atoms with E-state index in [1.54, 1.807) is 0 Å². The Morgan fingerprint density at radius 3 is 1.70 bits per heavy atom. The molecule has 0 aromatic carbocycles. The molecule has 4 nitrogen and oxygen atoms in total. The fourth-order valence-corrected chi connectivity index (χ4v) is 0.508. The lowest BCUT2D eigenvalue weighted by Gasteiger charge is -1.79. The number of nitrogens with one attached hydrogen (secondary N) is 1. The van der Waals surface area contributed by atoms with E-state index in [0.717, 1.165) is 0 Å². The van der Waals surface area contributed by atoms with Gasteiger partial charge < -0.3 is 0 Å². The zero-order valence-corrected chi connectivity index (χ0v) is 5.35. The number of rotatable bonds is 0. The van der Waals surface area contributed by atoms with E-state index in [0.29, 0.717) is 12.8 Å². The smallest absolute Gasteiger partial charge is 0.227 e. The largest absolute Gasteiger partial charge is 0.296 e. The highest BCUT2D eigenvalue weighted by Crippen LogP contribution is 1.95. The monoisotopic (exact) mass is 141 g/mol. The first-order valence-electron chi connectivity index (χ1n) is 2.67. The summed E-state index contributed by atoms with van der Waals surface area (Å²) >= 11 is 0. The van der Waals surface area contributed by atoms with E-state index < -0.39 is 0 Å². The second kappa shape index (κ2) is 4.47. The second-order valence-corrected chi connectivity index (χ2v) is 1.62. The van der Waals surface area contributed by atoms with Gasteiger partial charge in [0.2, 0.25) is 11.8 Å². The first-order chi connectivity index (χ1) is 4.70. The Bertz CT molecular complexity index is 165. The highest BCUT2D eigenvalue weighted by molar-refractivity contribution is 6.01. The predicted octanol–water partition coefficient (Wildman–Crippen LogP) is -0.573. The summed E-state index contributed by atoms with van der Waals surface area (Å²) in [5.74, 6) is 0.954. The third-order valence-corrected chi connectivity index (χ3v) is 0.858. The molecule has 1 heterocycles. The Kier molecular flexibility index (Phi) is 3.84. The number of imide groups is 1. The van der Waals surface area contributed by atoms with E-state index in [4.69, 9.17) is 4.79 Å². The van der Waals surface area contributed by atoms with Crippen LogP contribution in [0.3, 0.4) is 0 Å². The van der Waals surface area contributed by atoms with Crippen LogP contribution < -0.4 is 5.32 Å². The van der Waals surface area contributed by atoms with Crippen LogP contribution in [0.25, 0.3) is 0 Å². The van der Waals surface area contributed by atoms with Crippen molar-refractivity contribution in [3.05, 3.63) is 6.58 Å². The molecular formula is C6H7NO3. The lowest BCUT2D eigenvalue weighted by Crippen LogP contribution is -2.18. The second-order valence-electron chi connectivity index (χ2n) is 1.62. The molecule has 0 saturated carbocycles. The fourth-order valence-electron chi connectivity index (χ4n) is 0.508. The molecule has 0 bridgehead atoms. The van der Waals surface area contributed by atoms with Crippen molar-refractivity contribution in [1.82, 2.24) is 5.32 Å². The van der Waals surface area contributed by atoms with Crippen LogP contribution in [0.1, 0.15) is 12.8 Å². The van der Waals surface area contributed by atoms with Crippen LogP contribution in [0.4, 0.5) is 0 Å². The summed E-state index contributed by atoms with van der Waals surface area (Å²) in [5.41, 5.74) is 0. The molecule has 10 heavy (non-hydrogen) atoms. The van der Waals surface area contributed by atoms with Crippen LogP contribution in [-0.2, 0) is 14.4 Å². The van der Waals surface area contributed by atoms with Gasteiger partial charge in [-0.1, -0.05) is 0 Å². The quantitative estimate of drug-likeness (QED) is 0.363. The summed E-state index contributed by atoms with van der Waals surface area (Å²) in [5, 5.41) is 2.14. The highest BCUT2D eigenvalue weighted by Gasteiger charge is 2.15. The first kappa shape index (κ1) is 8.59. The van der Waals surface area contributed by atoms with Crippen LogP contribution in [0.5, 0.6) is 0 Å². The van der Waals surface area contributed by atoms with E-state index in [1.165, 1.54) is 5.94 Å². The molecule has 0 radical (unpaired) electrons. The van der Waals surface area contributed by atoms with Gasteiger partial charge in [0.1, 0.15) is 5.94 Å². The summed E-state index contributed by atoms with van der Waals surface area (Å²) in [6.07, 6.45) is 0.748. The molecule has 1 rings (SSSR count). The predicted molar refractivity (Wildman–Crippen MR) is 33.7 cm³/mol. The molecule has 0 atom stereocenters. The number of carbonyl (C=O) groups is 2. The molecule has 1 aliphatic rings. The molecule has 0 spiro atoms. The van der Waals surface area contributed by atoms with Crippen LogP contribution in [0.15, 0.2) is 6.58 Å². The van der Waals surface area contributed by atoms with Gasteiger partial charge in [-0.2, -0.15) is 0 Å². The van der Waals surface area contributed by atoms with Crippen LogP contribution in [0, 0.1) is 0 Å². The molecule has 0 aromatic rings. The molecule has 4 heteroatoms. The lowest BCUT2D eigenvalue weighted by atomic mass is 10.4. The zero-order chi connectivity index (χ0) is 7.98. The maximum atomic E-state index is 10.1. The van der Waals surface area contributed by atoms with Crippen LogP contribution in [0.2, 0.25) is 0 Å². The van der Waals surface area contributed by atoms with Crippen molar-refractivity contribution >= 4 is 17.8 Å². The average molecular weight is 141 g/mol. The van der Waals surface area contributed by atoms with Gasteiger partial charge in [-0.15, -0.1) is 0 Å². The molecule has 1 fully saturated rings. The summed E-state index contributed by atoms with van der Waals surface area (Å²) in [6.45, 7) is 2.68. The first-order valence-corrected chi connectivity index (χ1v) is 2.67. The standard InChI is InChI=1S/C4H5NO2.C2H2O/c6-3-1-2-4(7)5-3;1-2-3/h1-2H2,(H,5,6,7);1H2. The van der Waals surface area contributed by atoms with E-state index in [9.17, 15) is 9.59 Å². The Labute approximate surface area is 57.9 Å². The van der Waals surface area contributed by atoms with E-state index in [1.807, 2.05) is 0 Å².